The SMILES string of the molecule is CCC(NC(C)(C)c1cnn(C)c1)C(C)C. The van der Waals surface area contributed by atoms with E-state index in [-0.39, 0.29) is 5.54 Å². The third kappa shape index (κ3) is 3.08. The predicted octanol–water partition coefficient (Wildman–Crippen LogP) is 2.68. The van der Waals surface area contributed by atoms with E-state index in [4.69, 9.17) is 0 Å². The lowest BCUT2D eigenvalue weighted by Gasteiger charge is -2.33. The van der Waals surface area contributed by atoms with Gasteiger partial charge in [-0.1, -0.05) is 20.8 Å². The zero-order valence-corrected chi connectivity index (χ0v) is 11.4. The molecule has 0 aliphatic heterocycles. The summed E-state index contributed by atoms with van der Waals surface area (Å²) >= 11 is 0. The van der Waals surface area contributed by atoms with Crippen LogP contribution >= 0.6 is 0 Å². The van der Waals surface area contributed by atoms with Gasteiger partial charge in [-0.05, 0) is 26.2 Å². The number of hydrogen-bond donors (Lipinski definition) is 1. The average molecular weight is 223 g/mol. The molecule has 1 rings (SSSR count). The topological polar surface area (TPSA) is 29.9 Å². The molecule has 92 valence electrons. The van der Waals surface area contributed by atoms with Crippen molar-refractivity contribution >= 4 is 0 Å². The van der Waals surface area contributed by atoms with E-state index in [1.54, 1.807) is 0 Å². The third-order valence-electron chi connectivity index (χ3n) is 3.22. The van der Waals surface area contributed by atoms with Crippen LogP contribution in [-0.2, 0) is 12.6 Å². The standard InChI is InChI=1S/C13H25N3/c1-7-12(10(2)3)15-13(4,5)11-8-14-16(6)9-11/h8-10,12,15H,7H2,1-6H3. The molecule has 3 heteroatoms. The zero-order valence-electron chi connectivity index (χ0n) is 11.4. The lowest BCUT2D eigenvalue weighted by Crippen LogP contribution is -2.45. The van der Waals surface area contributed by atoms with E-state index >= 15 is 0 Å². The molecule has 0 aromatic carbocycles. The van der Waals surface area contributed by atoms with E-state index in [0.717, 1.165) is 6.42 Å². The van der Waals surface area contributed by atoms with Crippen molar-refractivity contribution in [2.75, 3.05) is 0 Å². The van der Waals surface area contributed by atoms with Crippen molar-refractivity contribution in [2.24, 2.45) is 13.0 Å². The summed E-state index contributed by atoms with van der Waals surface area (Å²) in [5.74, 6) is 0.654. The average Bonchev–Trinajstić information content (AvgIpc) is 2.61. The Balaban J connectivity index is 2.78. The summed E-state index contributed by atoms with van der Waals surface area (Å²) in [5.41, 5.74) is 1.23. The van der Waals surface area contributed by atoms with E-state index in [2.05, 4.69) is 51.2 Å². The maximum Gasteiger partial charge on any atom is 0.0540 e. The Bertz CT molecular complexity index is 326. The molecule has 0 aliphatic rings. The molecule has 1 N–H and O–H groups in total. The minimum Gasteiger partial charge on any atom is -0.305 e. The Hall–Kier alpha value is -0.830. The lowest BCUT2D eigenvalue weighted by molar-refractivity contribution is 0.283. The van der Waals surface area contributed by atoms with Crippen molar-refractivity contribution in [2.45, 2.75) is 52.6 Å². The number of nitrogens with one attached hydrogen (secondary N) is 1. The molecule has 1 aromatic rings. The molecule has 1 aromatic heterocycles. The second-order valence-electron chi connectivity index (χ2n) is 5.43. The number of aryl methyl sites for hydroxylation is 1. The highest BCUT2D eigenvalue weighted by Crippen LogP contribution is 2.22. The Labute approximate surface area is 99.2 Å². The number of hydrogen-bond acceptors (Lipinski definition) is 2. The highest BCUT2D eigenvalue weighted by molar-refractivity contribution is 5.15. The molecule has 3 nitrogen and oxygen atoms in total. The summed E-state index contributed by atoms with van der Waals surface area (Å²) < 4.78 is 1.86. The fourth-order valence-electron chi connectivity index (χ4n) is 2.03. The molecule has 0 amide bonds. The molecule has 0 bridgehead atoms. The van der Waals surface area contributed by atoms with Gasteiger partial charge in [0.05, 0.1) is 6.20 Å². The molecule has 0 radical (unpaired) electrons. The largest absolute Gasteiger partial charge is 0.305 e. The number of rotatable bonds is 5. The molecule has 0 spiro atoms. The highest BCUT2D eigenvalue weighted by atomic mass is 15.2. The van der Waals surface area contributed by atoms with Gasteiger partial charge in [-0.15, -0.1) is 0 Å². The smallest absolute Gasteiger partial charge is 0.0540 e. The molecule has 1 atom stereocenters. The summed E-state index contributed by atoms with van der Waals surface area (Å²) in [4.78, 5) is 0. The van der Waals surface area contributed by atoms with E-state index in [9.17, 15) is 0 Å². The summed E-state index contributed by atoms with van der Waals surface area (Å²) in [6.07, 6.45) is 5.18. The summed E-state index contributed by atoms with van der Waals surface area (Å²) in [6.45, 7) is 11.2. The number of aromatic nitrogens is 2. The van der Waals surface area contributed by atoms with Crippen LogP contribution < -0.4 is 5.32 Å². The van der Waals surface area contributed by atoms with Gasteiger partial charge in [0.25, 0.3) is 0 Å². The molecule has 1 unspecified atom stereocenters. The van der Waals surface area contributed by atoms with Crippen LogP contribution in [0.3, 0.4) is 0 Å². The Kier molecular flexibility index (Phi) is 4.14. The van der Waals surface area contributed by atoms with Gasteiger partial charge in [-0.2, -0.15) is 5.10 Å². The summed E-state index contributed by atoms with van der Waals surface area (Å²) in [5, 5.41) is 7.96. The predicted molar refractivity (Wildman–Crippen MR) is 68.3 cm³/mol. The third-order valence-corrected chi connectivity index (χ3v) is 3.22. The fraction of sp³-hybridized carbons (Fsp3) is 0.769. The minimum atomic E-state index is -0.0147. The monoisotopic (exact) mass is 223 g/mol. The van der Waals surface area contributed by atoms with Crippen molar-refractivity contribution in [1.82, 2.24) is 15.1 Å². The second kappa shape index (κ2) is 5.00. The van der Waals surface area contributed by atoms with Gasteiger partial charge < -0.3 is 5.32 Å². The first-order valence-corrected chi connectivity index (χ1v) is 6.13. The van der Waals surface area contributed by atoms with Crippen LogP contribution in [0.15, 0.2) is 12.4 Å². The van der Waals surface area contributed by atoms with Gasteiger partial charge in [-0.25, -0.2) is 0 Å². The summed E-state index contributed by atoms with van der Waals surface area (Å²) in [7, 11) is 1.96. The maximum atomic E-state index is 4.24. The Morgan fingerprint density at radius 2 is 2.06 bits per heavy atom. The van der Waals surface area contributed by atoms with Crippen LogP contribution in [-0.4, -0.2) is 15.8 Å². The second-order valence-corrected chi connectivity index (χ2v) is 5.43. The van der Waals surface area contributed by atoms with Crippen LogP contribution in [0, 0.1) is 5.92 Å². The van der Waals surface area contributed by atoms with Crippen molar-refractivity contribution < 1.29 is 0 Å². The molecule has 0 fully saturated rings. The normalized spacial score (nSPS) is 14.4. The van der Waals surface area contributed by atoms with Gasteiger partial charge in [-0.3, -0.25) is 4.68 Å². The van der Waals surface area contributed by atoms with E-state index in [1.165, 1.54) is 5.56 Å². The summed E-state index contributed by atoms with van der Waals surface area (Å²) in [6, 6.07) is 0.551. The first-order valence-electron chi connectivity index (χ1n) is 6.13. The zero-order chi connectivity index (χ0) is 12.3. The molecule has 0 aliphatic carbocycles. The minimum absolute atomic E-state index is 0.0147. The quantitative estimate of drug-likeness (QED) is 0.831. The molecule has 16 heavy (non-hydrogen) atoms. The van der Waals surface area contributed by atoms with Crippen LogP contribution in [0.25, 0.3) is 0 Å². The maximum absolute atomic E-state index is 4.24. The van der Waals surface area contributed by atoms with Crippen LogP contribution in [0.2, 0.25) is 0 Å². The van der Waals surface area contributed by atoms with Crippen LogP contribution in [0.4, 0.5) is 0 Å². The van der Waals surface area contributed by atoms with Crippen molar-refractivity contribution in [3.8, 4) is 0 Å². The first-order chi connectivity index (χ1) is 7.36. The van der Waals surface area contributed by atoms with E-state index < -0.39 is 0 Å². The van der Waals surface area contributed by atoms with Gasteiger partial charge in [0.1, 0.15) is 0 Å². The molecule has 1 heterocycles. The van der Waals surface area contributed by atoms with Gasteiger partial charge in [0.2, 0.25) is 0 Å². The van der Waals surface area contributed by atoms with Gasteiger partial charge in [0.15, 0.2) is 0 Å². The van der Waals surface area contributed by atoms with Gasteiger partial charge >= 0.3 is 0 Å². The van der Waals surface area contributed by atoms with Crippen molar-refractivity contribution in [1.29, 1.82) is 0 Å². The Morgan fingerprint density at radius 3 is 2.44 bits per heavy atom. The number of nitrogens with zero attached hydrogens (tertiary/aromatic N) is 2. The first kappa shape index (κ1) is 13.2. The fourth-order valence-corrected chi connectivity index (χ4v) is 2.03. The van der Waals surface area contributed by atoms with Crippen LogP contribution in [0.1, 0.15) is 46.6 Å². The van der Waals surface area contributed by atoms with E-state index in [1.807, 2.05) is 17.9 Å². The Morgan fingerprint density at radius 1 is 1.44 bits per heavy atom. The molecular weight excluding hydrogens is 198 g/mol. The highest BCUT2D eigenvalue weighted by Gasteiger charge is 2.25. The molecule has 0 saturated heterocycles. The lowest BCUT2D eigenvalue weighted by atomic mass is 9.92. The molecular formula is C13H25N3. The van der Waals surface area contributed by atoms with E-state index in [0.29, 0.717) is 12.0 Å². The van der Waals surface area contributed by atoms with Crippen molar-refractivity contribution in [3.05, 3.63) is 18.0 Å². The molecule has 0 saturated carbocycles. The van der Waals surface area contributed by atoms with Gasteiger partial charge in [0, 0.05) is 30.4 Å². The van der Waals surface area contributed by atoms with Crippen molar-refractivity contribution in [3.63, 3.8) is 0 Å². The van der Waals surface area contributed by atoms with Crippen LogP contribution in [0.5, 0.6) is 0 Å².